The van der Waals surface area contributed by atoms with Crippen LogP contribution in [0.25, 0.3) is 0 Å². The average Bonchev–Trinajstić information content (AvgIpc) is 3.38. The van der Waals surface area contributed by atoms with Gasteiger partial charge < -0.3 is 5.32 Å². The van der Waals surface area contributed by atoms with Crippen molar-refractivity contribution in [3.05, 3.63) is 70.7 Å². The molecule has 0 spiro atoms. The smallest absolute Gasteiger partial charge is 0.251 e. The van der Waals surface area contributed by atoms with E-state index in [1.807, 2.05) is 54.6 Å². The van der Waals surface area contributed by atoms with Gasteiger partial charge >= 0.3 is 0 Å². The second-order valence-electron chi connectivity index (χ2n) is 6.67. The molecule has 3 heteroatoms. The van der Waals surface area contributed by atoms with E-state index in [9.17, 15) is 4.79 Å². The summed E-state index contributed by atoms with van der Waals surface area (Å²) in [5.41, 5.74) is 1.86. The summed E-state index contributed by atoms with van der Waals surface area (Å²) >= 11 is 6.02. The van der Waals surface area contributed by atoms with Gasteiger partial charge in [0.1, 0.15) is 0 Å². The lowest BCUT2D eigenvalue weighted by molar-refractivity contribution is 0.0930. The predicted octanol–water partition coefficient (Wildman–Crippen LogP) is 5.64. The van der Waals surface area contributed by atoms with E-state index in [1.54, 1.807) is 0 Å². The third-order valence-corrected chi connectivity index (χ3v) is 5.14. The number of hydrogen-bond donors (Lipinski definition) is 1. The Balaban J connectivity index is 1.75. The molecule has 3 atom stereocenters. The fraction of sp³-hybridized carbons (Fsp3) is 0.381. The molecule has 1 fully saturated rings. The number of rotatable bonds is 7. The van der Waals surface area contributed by atoms with Crippen LogP contribution in [0.1, 0.15) is 54.6 Å². The SMILES string of the molecule is CCCC[C@@H]1C[C@H]1C(NC(=O)c1ccccc1)c1ccc(Cl)cc1. The standard InChI is InChI=1S/C21H24ClNO/c1-2-3-7-17-14-19(17)20(15-10-12-18(22)13-11-15)23-21(24)16-8-5-4-6-9-16/h4-6,8-13,17,19-20H,2-3,7,14H2,1H3,(H,23,24)/t17-,19-,20?/m1/s1. The van der Waals surface area contributed by atoms with Crippen molar-refractivity contribution in [1.29, 1.82) is 0 Å². The van der Waals surface area contributed by atoms with E-state index in [1.165, 1.54) is 25.7 Å². The zero-order valence-corrected chi connectivity index (χ0v) is 14.8. The summed E-state index contributed by atoms with van der Waals surface area (Å²) in [6.45, 7) is 2.23. The molecular formula is C21H24ClNO. The minimum absolute atomic E-state index is 0.00306. The molecule has 24 heavy (non-hydrogen) atoms. The molecule has 0 aromatic heterocycles. The van der Waals surface area contributed by atoms with Crippen LogP contribution in [0, 0.1) is 11.8 Å². The van der Waals surface area contributed by atoms with Gasteiger partial charge in [0.05, 0.1) is 6.04 Å². The van der Waals surface area contributed by atoms with E-state index in [2.05, 4.69) is 12.2 Å². The van der Waals surface area contributed by atoms with Gasteiger partial charge in [-0.1, -0.05) is 68.1 Å². The number of hydrogen-bond acceptors (Lipinski definition) is 1. The molecule has 0 aliphatic heterocycles. The maximum atomic E-state index is 12.6. The van der Waals surface area contributed by atoms with Crippen molar-refractivity contribution < 1.29 is 4.79 Å². The first-order valence-electron chi connectivity index (χ1n) is 8.80. The summed E-state index contributed by atoms with van der Waals surface area (Å²) in [6.07, 6.45) is 4.95. The van der Waals surface area contributed by atoms with Gasteiger partial charge in [-0.25, -0.2) is 0 Å². The summed E-state index contributed by atoms with van der Waals surface area (Å²) in [5, 5.41) is 3.98. The molecule has 2 nitrogen and oxygen atoms in total. The molecule has 1 aliphatic rings. The average molecular weight is 342 g/mol. The highest BCUT2D eigenvalue weighted by Gasteiger charge is 2.43. The number of carbonyl (C=O) groups is 1. The first-order valence-corrected chi connectivity index (χ1v) is 9.18. The van der Waals surface area contributed by atoms with E-state index in [0.29, 0.717) is 11.5 Å². The largest absolute Gasteiger partial charge is 0.345 e. The summed E-state index contributed by atoms with van der Waals surface area (Å²) < 4.78 is 0. The Kier molecular flexibility index (Phi) is 5.57. The summed E-state index contributed by atoms with van der Waals surface area (Å²) in [4.78, 5) is 12.6. The van der Waals surface area contributed by atoms with Crippen molar-refractivity contribution in [2.75, 3.05) is 0 Å². The van der Waals surface area contributed by atoms with Crippen LogP contribution in [0.3, 0.4) is 0 Å². The van der Waals surface area contributed by atoms with Crippen LogP contribution in [-0.2, 0) is 0 Å². The number of benzene rings is 2. The van der Waals surface area contributed by atoms with Crippen LogP contribution in [0.5, 0.6) is 0 Å². The Bertz CT molecular complexity index is 668. The van der Waals surface area contributed by atoms with Gasteiger partial charge in [0, 0.05) is 10.6 Å². The van der Waals surface area contributed by atoms with Crippen molar-refractivity contribution in [2.45, 2.75) is 38.6 Å². The first-order chi connectivity index (χ1) is 11.7. The topological polar surface area (TPSA) is 29.1 Å². The Morgan fingerprint density at radius 2 is 1.88 bits per heavy atom. The third-order valence-electron chi connectivity index (χ3n) is 4.89. The predicted molar refractivity (Wildman–Crippen MR) is 99.2 cm³/mol. The van der Waals surface area contributed by atoms with Crippen LogP contribution in [0.2, 0.25) is 5.02 Å². The maximum absolute atomic E-state index is 12.6. The van der Waals surface area contributed by atoms with Crippen molar-refractivity contribution in [1.82, 2.24) is 5.32 Å². The molecule has 0 heterocycles. The lowest BCUT2D eigenvalue weighted by Crippen LogP contribution is -2.30. The normalized spacial score (nSPS) is 20.4. The van der Waals surface area contributed by atoms with Crippen molar-refractivity contribution in [3.63, 3.8) is 0 Å². The Labute approximate surface area is 149 Å². The molecule has 126 valence electrons. The molecule has 1 saturated carbocycles. The molecule has 2 aromatic rings. The van der Waals surface area contributed by atoms with E-state index >= 15 is 0 Å². The molecule has 1 aliphatic carbocycles. The summed E-state index contributed by atoms with van der Waals surface area (Å²) in [5.74, 6) is 1.25. The van der Waals surface area contributed by atoms with Crippen molar-refractivity contribution in [2.24, 2.45) is 11.8 Å². The zero-order chi connectivity index (χ0) is 16.9. The van der Waals surface area contributed by atoms with E-state index < -0.39 is 0 Å². The van der Waals surface area contributed by atoms with Gasteiger partial charge in [-0.2, -0.15) is 0 Å². The number of carbonyl (C=O) groups excluding carboxylic acids is 1. The van der Waals surface area contributed by atoms with E-state index in [4.69, 9.17) is 11.6 Å². The van der Waals surface area contributed by atoms with Crippen LogP contribution in [-0.4, -0.2) is 5.91 Å². The molecular weight excluding hydrogens is 318 g/mol. The van der Waals surface area contributed by atoms with Crippen molar-refractivity contribution in [3.8, 4) is 0 Å². The minimum atomic E-state index is -0.00306. The number of halogens is 1. The van der Waals surface area contributed by atoms with Gasteiger partial charge in [-0.05, 0) is 48.1 Å². The zero-order valence-electron chi connectivity index (χ0n) is 14.0. The summed E-state index contributed by atoms with van der Waals surface area (Å²) in [6, 6.07) is 17.4. The number of nitrogens with one attached hydrogen (secondary N) is 1. The van der Waals surface area contributed by atoms with Crippen molar-refractivity contribution >= 4 is 17.5 Å². The molecule has 1 amide bonds. The quantitative estimate of drug-likeness (QED) is 0.694. The highest BCUT2D eigenvalue weighted by molar-refractivity contribution is 6.30. The fourth-order valence-electron chi connectivity index (χ4n) is 3.40. The molecule has 1 unspecified atom stereocenters. The van der Waals surface area contributed by atoms with Gasteiger partial charge in [0.2, 0.25) is 0 Å². The monoisotopic (exact) mass is 341 g/mol. The minimum Gasteiger partial charge on any atom is -0.345 e. The van der Waals surface area contributed by atoms with Gasteiger partial charge in [0.15, 0.2) is 0 Å². The van der Waals surface area contributed by atoms with Crippen LogP contribution < -0.4 is 5.32 Å². The Hall–Kier alpha value is -1.80. The lowest BCUT2D eigenvalue weighted by Gasteiger charge is -2.20. The van der Waals surface area contributed by atoms with Gasteiger partial charge in [-0.3, -0.25) is 4.79 Å². The van der Waals surface area contributed by atoms with Crippen LogP contribution in [0.4, 0.5) is 0 Å². The van der Waals surface area contributed by atoms with Crippen LogP contribution >= 0.6 is 11.6 Å². The highest BCUT2D eigenvalue weighted by Crippen LogP contribution is 2.50. The van der Waals surface area contributed by atoms with Gasteiger partial charge in [0.25, 0.3) is 5.91 Å². The second-order valence-corrected chi connectivity index (χ2v) is 7.11. The third kappa shape index (κ3) is 4.18. The first kappa shape index (κ1) is 17.0. The fourth-order valence-corrected chi connectivity index (χ4v) is 3.53. The second kappa shape index (κ2) is 7.85. The molecule has 0 saturated heterocycles. The molecule has 2 aromatic carbocycles. The maximum Gasteiger partial charge on any atom is 0.251 e. The Morgan fingerprint density at radius 3 is 2.54 bits per heavy atom. The van der Waals surface area contributed by atoms with Crippen LogP contribution in [0.15, 0.2) is 54.6 Å². The summed E-state index contributed by atoms with van der Waals surface area (Å²) in [7, 11) is 0. The number of amides is 1. The highest BCUT2D eigenvalue weighted by atomic mass is 35.5. The molecule has 0 radical (unpaired) electrons. The molecule has 1 N–H and O–H groups in total. The Morgan fingerprint density at radius 1 is 1.17 bits per heavy atom. The number of unbranched alkanes of at least 4 members (excludes halogenated alkanes) is 1. The van der Waals surface area contributed by atoms with Gasteiger partial charge in [-0.15, -0.1) is 0 Å². The lowest BCUT2D eigenvalue weighted by atomic mass is 9.99. The van der Waals surface area contributed by atoms with E-state index in [-0.39, 0.29) is 11.9 Å². The van der Waals surface area contributed by atoms with E-state index in [0.717, 1.165) is 16.5 Å². The molecule has 3 rings (SSSR count). The molecule has 0 bridgehead atoms.